The Morgan fingerprint density at radius 3 is 2.17 bits per heavy atom. The van der Waals surface area contributed by atoms with Gasteiger partial charge >= 0.3 is 0 Å². The zero-order valence-electron chi connectivity index (χ0n) is 9.93. The van der Waals surface area contributed by atoms with Crippen molar-refractivity contribution in [2.24, 2.45) is 0 Å². The molecule has 0 aliphatic carbocycles. The maximum Gasteiger partial charge on any atom is 0.300 e. The normalized spacial score (nSPS) is 9.00. The molecule has 18 heavy (non-hydrogen) atoms. The van der Waals surface area contributed by atoms with E-state index in [-0.39, 0.29) is 0 Å². The Labute approximate surface area is 111 Å². The lowest BCUT2D eigenvalue weighted by atomic mass is 10.3. The summed E-state index contributed by atoms with van der Waals surface area (Å²) in [5.74, 6) is -0.833. The molecule has 94 valence electrons. The van der Waals surface area contributed by atoms with Crippen molar-refractivity contribution in [2.75, 3.05) is 5.32 Å². The third-order valence-corrected chi connectivity index (χ3v) is 2.12. The van der Waals surface area contributed by atoms with Crippen molar-refractivity contribution in [3.8, 4) is 0 Å². The first-order valence-electron chi connectivity index (χ1n) is 5.35. The maximum atomic E-state index is 9.00. The van der Waals surface area contributed by atoms with Gasteiger partial charge in [0.15, 0.2) is 0 Å². The number of nitrogens with one attached hydrogen (secondary N) is 1. The minimum absolute atomic E-state index is 0.742. The van der Waals surface area contributed by atoms with Crippen LogP contribution in [0.25, 0.3) is 0 Å². The van der Waals surface area contributed by atoms with Crippen molar-refractivity contribution in [2.45, 2.75) is 6.92 Å². The van der Waals surface area contributed by atoms with Crippen LogP contribution in [-0.2, 0) is 4.79 Å². The largest absolute Gasteiger partial charge is 0.481 e. The summed E-state index contributed by atoms with van der Waals surface area (Å²) in [6, 6.07) is 17.7. The number of para-hydroxylation sites is 1. The number of rotatable bonds is 2. The van der Waals surface area contributed by atoms with Crippen LogP contribution >= 0.6 is 11.6 Å². The predicted octanol–water partition coefficient (Wildman–Crippen LogP) is 4.17. The lowest BCUT2D eigenvalue weighted by molar-refractivity contribution is -0.134. The highest BCUT2D eigenvalue weighted by molar-refractivity contribution is 6.30. The number of carboxylic acid groups (broad SMARTS) is 1. The van der Waals surface area contributed by atoms with Crippen molar-refractivity contribution in [1.82, 2.24) is 0 Å². The van der Waals surface area contributed by atoms with E-state index in [0.717, 1.165) is 23.3 Å². The third kappa shape index (κ3) is 5.92. The van der Waals surface area contributed by atoms with Crippen LogP contribution < -0.4 is 5.32 Å². The van der Waals surface area contributed by atoms with E-state index in [2.05, 4.69) is 5.32 Å². The molecular formula is C14H14ClNO2. The van der Waals surface area contributed by atoms with Gasteiger partial charge < -0.3 is 10.4 Å². The molecule has 0 aromatic heterocycles. The molecule has 0 unspecified atom stereocenters. The first-order valence-corrected chi connectivity index (χ1v) is 5.73. The van der Waals surface area contributed by atoms with Crippen LogP contribution in [0.15, 0.2) is 54.6 Å². The monoisotopic (exact) mass is 263 g/mol. The van der Waals surface area contributed by atoms with Crippen LogP contribution in [0.3, 0.4) is 0 Å². The van der Waals surface area contributed by atoms with Crippen molar-refractivity contribution in [1.29, 1.82) is 0 Å². The van der Waals surface area contributed by atoms with Gasteiger partial charge in [0.2, 0.25) is 0 Å². The van der Waals surface area contributed by atoms with Crippen LogP contribution in [0.5, 0.6) is 0 Å². The van der Waals surface area contributed by atoms with Gasteiger partial charge in [0.25, 0.3) is 5.97 Å². The van der Waals surface area contributed by atoms with Gasteiger partial charge in [0.05, 0.1) is 0 Å². The highest BCUT2D eigenvalue weighted by Crippen LogP contribution is 2.19. The lowest BCUT2D eigenvalue weighted by Crippen LogP contribution is -1.88. The maximum absolute atomic E-state index is 9.00. The Balaban J connectivity index is 0.000000357. The molecule has 0 heterocycles. The standard InChI is InChI=1S/C12H10ClN.C2H4O2/c13-10-5-4-8-12(9-10)14-11-6-2-1-3-7-11;1-2(3)4/h1-9,14H;1H3,(H,3,4). The van der Waals surface area contributed by atoms with Gasteiger partial charge in [-0.15, -0.1) is 0 Å². The number of carboxylic acids is 1. The smallest absolute Gasteiger partial charge is 0.300 e. The molecule has 3 nitrogen and oxygen atoms in total. The fourth-order valence-corrected chi connectivity index (χ4v) is 1.44. The van der Waals surface area contributed by atoms with E-state index in [1.54, 1.807) is 0 Å². The van der Waals surface area contributed by atoms with Gasteiger partial charge in [-0.2, -0.15) is 0 Å². The van der Waals surface area contributed by atoms with Crippen molar-refractivity contribution in [3.05, 3.63) is 59.6 Å². The number of hydrogen-bond acceptors (Lipinski definition) is 2. The minimum atomic E-state index is -0.833. The van der Waals surface area contributed by atoms with Crippen LogP contribution in [-0.4, -0.2) is 11.1 Å². The van der Waals surface area contributed by atoms with Crippen LogP contribution in [0.1, 0.15) is 6.92 Å². The highest BCUT2D eigenvalue weighted by Gasteiger charge is 1.93. The molecule has 0 radical (unpaired) electrons. The molecule has 2 aromatic rings. The van der Waals surface area contributed by atoms with Gasteiger partial charge in [-0.25, -0.2) is 0 Å². The second kappa shape index (κ2) is 7.35. The molecule has 2 N–H and O–H groups in total. The van der Waals surface area contributed by atoms with Crippen LogP contribution in [0.2, 0.25) is 5.02 Å². The fourth-order valence-electron chi connectivity index (χ4n) is 1.25. The van der Waals surface area contributed by atoms with E-state index >= 15 is 0 Å². The van der Waals surface area contributed by atoms with E-state index in [4.69, 9.17) is 21.5 Å². The van der Waals surface area contributed by atoms with E-state index in [0.29, 0.717) is 0 Å². The average molecular weight is 264 g/mol. The van der Waals surface area contributed by atoms with Crippen LogP contribution in [0.4, 0.5) is 11.4 Å². The first kappa shape index (κ1) is 14.1. The Morgan fingerprint density at radius 2 is 1.61 bits per heavy atom. The van der Waals surface area contributed by atoms with Gasteiger partial charge in [0.1, 0.15) is 0 Å². The second-order valence-corrected chi connectivity index (χ2v) is 3.96. The molecule has 0 bridgehead atoms. The summed E-state index contributed by atoms with van der Waals surface area (Å²) in [4.78, 5) is 9.00. The Bertz CT molecular complexity index is 496. The minimum Gasteiger partial charge on any atom is -0.481 e. The molecule has 0 amide bonds. The van der Waals surface area contributed by atoms with Crippen LogP contribution in [0, 0.1) is 0 Å². The molecule has 0 spiro atoms. The summed E-state index contributed by atoms with van der Waals surface area (Å²) < 4.78 is 0. The molecule has 4 heteroatoms. The van der Waals surface area contributed by atoms with Gasteiger partial charge in [-0.3, -0.25) is 4.79 Å². The van der Waals surface area contributed by atoms with Gasteiger partial charge in [0, 0.05) is 23.3 Å². The van der Waals surface area contributed by atoms with E-state index in [1.807, 2.05) is 54.6 Å². The quantitative estimate of drug-likeness (QED) is 0.855. The lowest BCUT2D eigenvalue weighted by Gasteiger charge is -2.05. The summed E-state index contributed by atoms with van der Waals surface area (Å²) in [7, 11) is 0. The number of anilines is 2. The molecule has 0 aliphatic heterocycles. The van der Waals surface area contributed by atoms with E-state index < -0.39 is 5.97 Å². The molecule has 0 aliphatic rings. The predicted molar refractivity (Wildman–Crippen MR) is 74.5 cm³/mol. The van der Waals surface area contributed by atoms with Crippen molar-refractivity contribution >= 4 is 28.9 Å². The summed E-state index contributed by atoms with van der Waals surface area (Å²) in [5, 5.41) is 11.4. The first-order chi connectivity index (χ1) is 8.58. The number of carbonyl (C=O) groups is 1. The SMILES string of the molecule is CC(=O)O.Clc1cccc(Nc2ccccc2)c1. The van der Waals surface area contributed by atoms with Crippen molar-refractivity contribution in [3.63, 3.8) is 0 Å². The van der Waals surface area contributed by atoms with Gasteiger partial charge in [-0.1, -0.05) is 35.9 Å². The molecule has 2 rings (SSSR count). The van der Waals surface area contributed by atoms with Gasteiger partial charge in [-0.05, 0) is 30.3 Å². The second-order valence-electron chi connectivity index (χ2n) is 3.52. The summed E-state index contributed by atoms with van der Waals surface area (Å²) in [5.41, 5.74) is 2.07. The molecule has 2 aromatic carbocycles. The number of aliphatic carboxylic acids is 1. The number of halogens is 1. The number of hydrogen-bond donors (Lipinski definition) is 2. The Kier molecular flexibility index (Phi) is 5.74. The number of benzene rings is 2. The molecular weight excluding hydrogens is 250 g/mol. The van der Waals surface area contributed by atoms with Crippen molar-refractivity contribution < 1.29 is 9.90 Å². The molecule has 0 saturated heterocycles. The fraction of sp³-hybridized carbons (Fsp3) is 0.0714. The summed E-state index contributed by atoms with van der Waals surface area (Å²) >= 11 is 5.87. The van der Waals surface area contributed by atoms with E-state index in [1.165, 1.54) is 0 Å². The molecule has 0 fully saturated rings. The Morgan fingerprint density at radius 1 is 1.06 bits per heavy atom. The third-order valence-electron chi connectivity index (χ3n) is 1.89. The van der Waals surface area contributed by atoms with E-state index in [9.17, 15) is 0 Å². The zero-order chi connectivity index (χ0) is 13.4. The molecule has 0 saturated carbocycles. The highest BCUT2D eigenvalue weighted by atomic mass is 35.5. The topological polar surface area (TPSA) is 49.3 Å². The Hall–Kier alpha value is -2.00. The average Bonchev–Trinajstić information content (AvgIpc) is 2.29. The summed E-state index contributed by atoms with van der Waals surface area (Å²) in [6.45, 7) is 1.08. The molecule has 0 atom stereocenters. The zero-order valence-corrected chi connectivity index (χ0v) is 10.7. The summed E-state index contributed by atoms with van der Waals surface area (Å²) in [6.07, 6.45) is 0.